The maximum absolute atomic E-state index is 5.24. The molecule has 1 aliphatic heterocycles. The molecule has 1 fully saturated rings. The van der Waals surface area contributed by atoms with Gasteiger partial charge in [0.2, 0.25) is 6.41 Å². The van der Waals surface area contributed by atoms with Gasteiger partial charge in [-0.3, -0.25) is 4.90 Å². The number of rotatable bonds is 1. The molecule has 1 rings (SSSR count). The minimum atomic E-state index is -0.112. The fourth-order valence-electron chi connectivity index (χ4n) is 0.773. The second-order valence-corrected chi connectivity index (χ2v) is 2.37. The molecule has 3 heteroatoms. The van der Waals surface area contributed by atoms with Crippen molar-refractivity contribution in [3.05, 3.63) is 0 Å². The molecule has 1 saturated heterocycles. The second-order valence-electron chi connectivity index (χ2n) is 2.37. The van der Waals surface area contributed by atoms with Crippen molar-refractivity contribution < 1.29 is 9.47 Å². The van der Waals surface area contributed by atoms with E-state index in [-0.39, 0.29) is 6.41 Å². The van der Waals surface area contributed by atoms with Crippen molar-refractivity contribution in [1.82, 2.24) is 4.90 Å². The molecule has 0 amide bonds. The zero-order chi connectivity index (χ0) is 6.69. The van der Waals surface area contributed by atoms with Gasteiger partial charge in [0.1, 0.15) is 0 Å². The largest absolute Gasteiger partial charge is 0.340 e. The van der Waals surface area contributed by atoms with Gasteiger partial charge in [-0.2, -0.15) is 0 Å². The highest BCUT2D eigenvalue weighted by Crippen LogP contribution is 2.05. The first-order valence-electron chi connectivity index (χ1n) is 3.20. The molecule has 0 bridgehead atoms. The van der Waals surface area contributed by atoms with E-state index in [4.69, 9.17) is 9.47 Å². The summed E-state index contributed by atoms with van der Waals surface area (Å²) in [7, 11) is 3.88. The van der Waals surface area contributed by atoms with Crippen LogP contribution in [0.4, 0.5) is 0 Å². The van der Waals surface area contributed by atoms with Crippen molar-refractivity contribution in [2.75, 3.05) is 27.3 Å². The number of ether oxygens (including phenoxy) is 2. The molecule has 1 heterocycles. The quantitative estimate of drug-likeness (QED) is 0.510. The highest BCUT2D eigenvalue weighted by molar-refractivity contribution is 4.47. The van der Waals surface area contributed by atoms with Crippen molar-refractivity contribution in [1.29, 1.82) is 0 Å². The smallest absolute Gasteiger partial charge is 0.218 e. The van der Waals surface area contributed by atoms with Crippen LogP contribution < -0.4 is 0 Å². The van der Waals surface area contributed by atoms with Gasteiger partial charge < -0.3 is 9.47 Å². The van der Waals surface area contributed by atoms with E-state index in [0.29, 0.717) is 0 Å². The van der Waals surface area contributed by atoms with Crippen LogP contribution in [0.5, 0.6) is 0 Å². The summed E-state index contributed by atoms with van der Waals surface area (Å²) in [5.41, 5.74) is 0. The third-order valence-corrected chi connectivity index (χ3v) is 1.23. The summed E-state index contributed by atoms with van der Waals surface area (Å²) < 4.78 is 10.5. The van der Waals surface area contributed by atoms with Gasteiger partial charge >= 0.3 is 0 Å². The Balaban J connectivity index is 2.23. The van der Waals surface area contributed by atoms with Crippen LogP contribution in [0.25, 0.3) is 0 Å². The van der Waals surface area contributed by atoms with Gasteiger partial charge in [-0.05, 0) is 20.5 Å². The van der Waals surface area contributed by atoms with E-state index in [1.807, 2.05) is 19.0 Å². The van der Waals surface area contributed by atoms with Gasteiger partial charge in [-0.25, -0.2) is 0 Å². The van der Waals surface area contributed by atoms with Crippen LogP contribution in [0.1, 0.15) is 6.42 Å². The maximum Gasteiger partial charge on any atom is 0.218 e. The highest BCUT2D eigenvalue weighted by atomic mass is 16.7. The fraction of sp³-hybridized carbons (Fsp3) is 1.00. The van der Waals surface area contributed by atoms with E-state index in [1.54, 1.807) is 0 Å². The SMILES string of the molecule is CN(C)C1OCCCO1. The topological polar surface area (TPSA) is 21.7 Å². The molecule has 9 heavy (non-hydrogen) atoms. The van der Waals surface area contributed by atoms with Crippen LogP contribution in [0.3, 0.4) is 0 Å². The molecular formula is C6H13NO2. The zero-order valence-corrected chi connectivity index (χ0v) is 5.96. The van der Waals surface area contributed by atoms with Crippen molar-refractivity contribution in [2.45, 2.75) is 12.8 Å². The fourth-order valence-corrected chi connectivity index (χ4v) is 0.773. The minimum Gasteiger partial charge on any atom is -0.340 e. The molecule has 0 unspecified atom stereocenters. The average molecular weight is 131 g/mol. The predicted octanol–water partition coefficient (Wildman–Crippen LogP) is 0.268. The zero-order valence-electron chi connectivity index (χ0n) is 5.96. The van der Waals surface area contributed by atoms with Crippen LogP contribution in [0.2, 0.25) is 0 Å². The third kappa shape index (κ3) is 1.93. The van der Waals surface area contributed by atoms with Gasteiger partial charge in [0, 0.05) is 0 Å². The monoisotopic (exact) mass is 131 g/mol. The molecule has 0 saturated carbocycles. The van der Waals surface area contributed by atoms with Crippen LogP contribution in [-0.4, -0.2) is 38.6 Å². The van der Waals surface area contributed by atoms with Crippen LogP contribution >= 0.6 is 0 Å². The lowest BCUT2D eigenvalue weighted by atomic mass is 10.5. The molecule has 1 aliphatic rings. The van der Waals surface area contributed by atoms with Gasteiger partial charge in [-0.1, -0.05) is 0 Å². The number of hydrogen-bond donors (Lipinski definition) is 0. The first-order chi connectivity index (χ1) is 4.30. The highest BCUT2D eigenvalue weighted by Gasteiger charge is 2.14. The normalized spacial score (nSPS) is 23.0. The maximum atomic E-state index is 5.24. The molecule has 0 aromatic carbocycles. The molecule has 54 valence electrons. The summed E-state index contributed by atoms with van der Waals surface area (Å²) in [6.45, 7) is 1.64. The molecule has 0 aliphatic carbocycles. The summed E-state index contributed by atoms with van der Waals surface area (Å²) in [5, 5.41) is 0. The van der Waals surface area contributed by atoms with E-state index >= 15 is 0 Å². The number of hydrogen-bond acceptors (Lipinski definition) is 3. The molecule has 3 nitrogen and oxygen atoms in total. The summed E-state index contributed by atoms with van der Waals surface area (Å²) in [5.74, 6) is 0. The lowest BCUT2D eigenvalue weighted by molar-refractivity contribution is -0.239. The number of nitrogens with zero attached hydrogens (tertiary/aromatic N) is 1. The Kier molecular flexibility index (Phi) is 2.45. The average Bonchev–Trinajstić information content (AvgIpc) is 1.90. The van der Waals surface area contributed by atoms with Crippen LogP contribution in [0, 0.1) is 0 Å². The Bertz CT molecular complexity index is 79.1. The summed E-state index contributed by atoms with van der Waals surface area (Å²) in [4.78, 5) is 1.92. The van der Waals surface area contributed by atoms with Gasteiger partial charge in [0.25, 0.3) is 0 Å². The molecule has 0 aromatic rings. The van der Waals surface area contributed by atoms with Crippen molar-refractivity contribution in [3.8, 4) is 0 Å². The van der Waals surface area contributed by atoms with Crippen molar-refractivity contribution in [3.63, 3.8) is 0 Å². The first kappa shape index (κ1) is 6.99. The van der Waals surface area contributed by atoms with Crippen LogP contribution in [0.15, 0.2) is 0 Å². The lowest BCUT2D eigenvalue weighted by Crippen LogP contribution is -2.37. The van der Waals surface area contributed by atoms with E-state index in [1.165, 1.54) is 0 Å². The predicted molar refractivity (Wildman–Crippen MR) is 34.0 cm³/mol. The van der Waals surface area contributed by atoms with Gasteiger partial charge in [0.05, 0.1) is 13.2 Å². The lowest BCUT2D eigenvalue weighted by Gasteiger charge is -2.27. The van der Waals surface area contributed by atoms with E-state index in [2.05, 4.69) is 0 Å². The van der Waals surface area contributed by atoms with E-state index < -0.39 is 0 Å². The molecular weight excluding hydrogens is 118 g/mol. The molecule has 0 atom stereocenters. The van der Waals surface area contributed by atoms with Crippen LogP contribution in [-0.2, 0) is 9.47 Å². The Hall–Kier alpha value is -0.120. The Labute approximate surface area is 55.5 Å². The molecule has 0 spiro atoms. The van der Waals surface area contributed by atoms with Gasteiger partial charge in [-0.15, -0.1) is 0 Å². The Morgan fingerprint density at radius 2 is 1.78 bits per heavy atom. The second kappa shape index (κ2) is 3.15. The summed E-state index contributed by atoms with van der Waals surface area (Å²) in [6, 6.07) is 0. The van der Waals surface area contributed by atoms with E-state index in [9.17, 15) is 0 Å². The molecule has 0 N–H and O–H groups in total. The third-order valence-electron chi connectivity index (χ3n) is 1.23. The summed E-state index contributed by atoms with van der Waals surface area (Å²) in [6.07, 6.45) is 0.906. The van der Waals surface area contributed by atoms with Crippen molar-refractivity contribution in [2.24, 2.45) is 0 Å². The first-order valence-corrected chi connectivity index (χ1v) is 3.20. The standard InChI is InChI=1S/C6H13NO2/c1-7(2)6-8-4-3-5-9-6/h6H,3-5H2,1-2H3. The van der Waals surface area contributed by atoms with Gasteiger partial charge in [0.15, 0.2) is 0 Å². The molecule has 0 aromatic heterocycles. The van der Waals surface area contributed by atoms with Crippen molar-refractivity contribution >= 4 is 0 Å². The minimum absolute atomic E-state index is 0.112. The Morgan fingerprint density at radius 1 is 1.22 bits per heavy atom. The molecule has 0 radical (unpaired) electrons. The Morgan fingerprint density at radius 3 is 2.11 bits per heavy atom. The van der Waals surface area contributed by atoms with E-state index in [0.717, 1.165) is 19.6 Å². The summed E-state index contributed by atoms with van der Waals surface area (Å²) >= 11 is 0.